The van der Waals surface area contributed by atoms with E-state index in [2.05, 4.69) is 19.2 Å². The van der Waals surface area contributed by atoms with Gasteiger partial charge in [0.15, 0.2) is 0 Å². The first kappa shape index (κ1) is 13.9. The molecular weight excluding hydrogens is 224 g/mol. The molecule has 0 heterocycles. The summed E-state index contributed by atoms with van der Waals surface area (Å²) in [7, 11) is 0. The molecule has 0 aromatic heterocycles. The van der Waals surface area contributed by atoms with E-state index in [0.717, 1.165) is 31.7 Å². The van der Waals surface area contributed by atoms with Crippen molar-refractivity contribution in [3.05, 3.63) is 0 Å². The lowest BCUT2D eigenvalue weighted by molar-refractivity contribution is -0.128. The highest BCUT2D eigenvalue weighted by molar-refractivity contribution is 5.79. The highest BCUT2D eigenvalue weighted by atomic mass is 16.1. The zero-order valence-electron chi connectivity index (χ0n) is 11.8. The fraction of sp³-hybridized carbons (Fsp3) is 0.933. The lowest BCUT2D eigenvalue weighted by Crippen LogP contribution is -2.43. The number of hydrogen-bond acceptors (Lipinski definition) is 2. The third kappa shape index (κ3) is 3.25. The van der Waals surface area contributed by atoms with E-state index in [-0.39, 0.29) is 17.9 Å². The lowest BCUT2D eigenvalue weighted by Gasteiger charge is -2.32. The van der Waals surface area contributed by atoms with Crippen LogP contribution in [0.5, 0.6) is 0 Å². The van der Waals surface area contributed by atoms with Gasteiger partial charge < -0.3 is 11.1 Å². The Bertz CT molecular complexity index is 292. The molecular formula is C15H28N2O. The Morgan fingerprint density at radius 3 is 2.61 bits per heavy atom. The fourth-order valence-corrected chi connectivity index (χ4v) is 3.61. The van der Waals surface area contributed by atoms with Crippen LogP contribution < -0.4 is 11.1 Å². The van der Waals surface area contributed by atoms with Crippen LogP contribution in [-0.2, 0) is 4.79 Å². The average Bonchev–Trinajstić information content (AvgIpc) is 2.75. The molecule has 5 atom stereocenters. The predicted octanol–water partition coefficient (Wildman–Crippen LogP) is 2.30. The molecule has 3 N–H and O–H groups in total. The maximum atomic E-state index is 12.3. The molecule has 2 fully saturated rings. The molecule has 0 aromatic rings. The summed E-state index contributed by atoms with van der Waals surface area (Å²) < 4.78 is 0. The largest absolute Gasteiger partial charge is 0.356 e. The zero-order valence-corrected chi connectivity index (χ0v) is 11.8. The van der Waals surface area contributed by atoms with Gasteiger partial charge in [-0.15, -0.1) is 0 Å². The van der Waals surface area contributed by atoms with Gasteiger partial charge in [0.05, 0.1) is 0 Å². The number of rotatable bonds is 3. The van der Waals surface area contributed by atoms with Crippen LogP contribution in [0.2, 0.25) is 0 Å². The molecule has 2 rings (SSSR count). The lowest BCUT2D eigenvalue weighted by atomic mass is 9.77. The summed E-state index contributed by atoms with van der Waals surface area (Å²) in [6.45, 7) is 5.37. The Morgan fingerprint density at radius 1 is 1.17 bits per heavy atom. The van der Waals surface area contributed by atoms with Crippen LogP contribution in [0.4, 0.5) is 0 Å². The van der Waals surface area contributed by atoms with Gasteiger partial charge in [-0.05, 0) is 43.4 Å². The second-order valence-electron chi connectivity index (χ2n) is 6.57. The van der Waals surface area contributed by atoms with Gasteiger partial charge in [-0.3, -0.25) is 4.79 Å². The van der Waals surface area contributed by atoms with Crippen LogP contribution in [0.3, 0.4) is 0 Å². The molecule has 0 aromatic carbocycles. The van der Waals surface area contributed by atoms with Gasteiger partial charge in [-0.2, -0.15) is 0 Å². The highest BCUT2D eigenvalue weighted by Crippen LogP contribution is 2.32. The zero-order chi connectivity index (χ0) is 13.1. The van der Waals surface area contributed by atoms with Crippen LogP contribution >= 0.6 is 0 Å². The van der Waals surface area contributed by atoms with Crippen molar-refractivity contribution in [2.24, 2.45) is 29.4 Å². The first-order valence-corrected chi connectivity index (χ1v) is 7.61. The number of amides is 1. The van der Waals surface area contributed by atoms with Crippen LogP contribution in [0.15, 0.2) is 0 Å². The molecule has 2 saturated carbocycles. The third-order valence-electron chi connectivity index (χ3n) is 5.15. The Hall–Kier alpha value is -0.570. The van der Waals surface area contributed by atoms with E-state index in [9.17, 15) is 4.79 Å². The Balaban J connectivity index is 1.79. The molecule has 0 spiro atoms. The van der Waals surface area contributed by atoms with Crippen molar-refractivity contribution in [1.82, 2.24) is 5.32 Å². The van der Waals surface area contributed by atoms with Gasteiger partial charge in [0.25, 0.3) is 0 Å². The summed E-state index contributed by atoms with van der Waals surface area (Å²) in [6.07, 6.45) is 6.97. The maximum absolute atomic E-state index is 12.3. The minimum absolute atomic E-state index is 0.144. The standard InChI is InChI=1S/C15H28N2O/c1-10-4-3-5-12(10)9-17-15(18)14-8-13(16)7-6-11(14)2/h10-14H,3-9,16H2,1-2H3,(H,17,18). The van der Waals surface area contributed by atoms with E-state index >= 15 is 0 Å². The third-order valence-corrected chi connectivity index (χ3v) is 5.15. The fourth-order valence-electron chi connectivity index (χ4n) is 3.61. The molecule has 18 heavy (non-hydrogen) atoms. The molecule has 0 bridgehead atoms. The van der Waals surface area contributed by atoms with Gasteiger partial charge in [-0.25, -0.2) is 0 Å². The molecule has 3 nitrogen and oxygen atoms in total. The van der Waals surface area contributed by atoms with E-state index in [4.69, 9.17) is 5.73 Å². The van der Waals surface area contributed by atoms with Crippen molar-refractivity contribution in [2.75, 3.05) is 6.54 Å². The Morgan fingerprint density at radius 2 is 1.94 bits per heavy atom. The minimum atomic E-state index is 0.144. The summed E-state index contributed by atoms with van der Waals surface area (Å²) in [6, 6.07) is 0.224. The van der Waals surface area contributed by atoms with E-state index in [1.165, 1.54) is 19.3 Å². The van der Waals surface area contributed by atoms with Crippen LogP contribution in [0.1, 0.15) is 52.4 Å². The van der Waals surface area contributed by atoms with Crippen LogP contribution in [0, 0.1) is 23.7 Å². The van der Waals surface area contributed by atoms with E-state index in [1.807, 2.05) is 0 Å². The van der Waals surface area contributed by atoms with Crippen LogP contribution in [0.25, 0.3) is 0 Å². The number of nitrogens with two attached hydrogens (primary N) is 1. The average molecular weight is 252 g/mol. The molecule has 2 aliphatic carbocycles. The highest BCUT2D eigenvalue weighted by Gasteiger charge is 2.32. The second-order valence-corrected chi connectivity index (χ2v) is 6.57. The monoisotopic (exact) mass is 252 g/mol. The first-order chi connectivity index (χ1) is 8.58. The smallest absolute Gasteiger partial charge is 0.223 e. The SMILES string of the molecule is CC1CCCC1CNC(=O)C1CC(N)CCC1C. The quantitative estimate of drug-likeness (QED) is 0.810. The number of hydrogen-bond donors (Lipinski definition) is 2. The normalized spacial score (nSPS) is 40.7. The second kappa shape index (κ2) is 6.05. The number of carbonyl (C=O) groups is 1. The van der Waals surface area contributed by atoms with Gasteiger partial charge in [-0.1, -0.05) is 26.7 Å². The van der Waals surface area contributed by atoms with Crippen molar-refractivity contribution >= 4 is 5.91 Å². The molecule has 2 aliphatic rings. The molecule has 0 saturated heterocycles. The van der Waals surface area contributed by atoms with Gasteiger partial charge in [0.1, 0.15) is 0 Å². The summed E-state index contributed by atoms with van der Waals surface area (Å²) in [5.74, 6) is 2.35. The molecule has 104 valence electrons. The van der Waals surface area contributed by atoms with E-state index in [1.54, 1.807) is 0 Å². The maximum Gasteiger partial charge on any atom is 0.223 e. The summed E-state index contributed by atoms with van der Waals surface area (Å²) in [5, 5.41) is 3.18. The van der Waals surface area contributed by atoms with Crippen molar-refractivity contribution in [2.45, 2.75) is 58.4 Å². The summed E-state index contributed by atoms with van der Waals surface area (Å²) in [4.78, 5) is 12.3. The topological polar surface area (TPSA) is 55.1 Å². The van der Waals surface area contributed by atoms with Crippen molar-refractivity contribution < 1.29 is 4.79 Å². The Labute approximate surface area is 111 Å². The van der Waals surface area contributed by atoms with Crippen molar-refractivity contribution in [3.8, 4) is 0 Å². The van der Waals surface area contributed by atoms with Gasteiger partial charge in [0, 0.05) is 18.5 Å². The number of carbonyl (C=O) groups excluding carboxylic acids is 1. The summed E-state index contributed by atoms with van der Waals surface area (Å²) >= 11 is 0. The van der Waals surface area contributed by atoms with Crippen molar-refractivity contribution in [1.29, 1.82) is 0 Å². The number of nitrogens with one attached hydrogen (secondary N) is 1. The van der Waals surface area contributed by atoms with Gasteiger partial charge >= 0.3 is 0 Å². The summed E-state index contributed by atoms with van der Waals surface area (Å²) in [5.41, 5.74) is 5.99. The first-order valence-electron chi connectivity index (χ1n) is 7.61. The Kier molecular flexibility index (Phi) is 4.66. The molecule has 3 heteroatoms. The van der Waals surface area contributed by atoms with Crippen molar-refractivity contribution in [3.63, 3.8) is 0 Å². The molecule has 5 unspecified atom stereocenters. The molecule has 0 aliphatic heterocycles. The van der Waals surface area contributed by atoms with Crippen LogP contribution in [-0.4, -0.2) is 18.5 Å². The predicted molar refractivity (Wildman–Crippen MR) is 74.0 cm³/mol. The molecule has 1 amide bonds. The van der Waals surface area contributed by atoms with Gasteiger partial charge in [0.2, 0.25) is 5.91 Å². The molecule has 0 radical (unpaired) electrons. The van der Waals surface area contributed by atoms with E-state index in [0.29, 0.717) is 11.8 Å². The van der Waals surface area contributed by atoms with E-state index < -0.39 is 0 Å². The minimum Gasteiger partial charge on any atom is -0.356 e.